The first kappa shape index (κ1) is 10.1. The first-order valence-corrected chi connectivity index (χ1v) is 5.33. The molecule has 0 saturated heterocycles. The summed E-state index contributed by atoms with van der Waals surface area (Å²) in [6.45, 7) is 0. The first-order chi connectivity index (χ1) is 6.27. The van der Waals surface area contributed by atoms with Crippen molar-refractivity contribution < 1.29 is 4.79 Å². The van der Waals surface area contributed by atoms with E-state index in [1.807, 2.05) is 30.5 Å². The third-order valence-corrected chi connectivity index (χ3v) is 2.66. The van der Waals surface area contributed by atoms with Crippen LogP contribution in [0.3, 0.4) is 0 Å². The van der Waals surface area contributed by atoms with Crippen LogP contribution in [0.1, 0.15) is 5.56 Å². The van der Waals surface area contributed by atoms with E-state index < -0.39 is 0 Å². The second-order valence-corrected chi connectivity index (χ2v) is 3.51. The minimum Gasteiger partial charge on any atom is -0.359 e. The summed E-state index contributed by atoms with van der Waals surface area (Å²) in [6.07, 6.45) is 2.48. The quantitative estimate of drug-likeness (QED) is 0.744. The lowest BCUT2D eigenvalue weighted by atomic mass is 10.1. The van der Waals surface area contributed by atoms with Crippen molar-refractivity contribution in [3.05, 3.63) is 29.8 Å². The van der Waals surface area contributed by atoms with Gasteiger partial charge in [-0.05, 0) is 17.9 Å². The zero-order valence-electron chi connectivity index (χ0n) is 7.83. The number of carbonyl (C=O) groups is 1. The van der Waals surface area contributed by atoms with Gasteiger partial charge in [-0.2, -0.15) is 0 Å². The molecule has 0 saturated carbocycles. The summed E-state index contributed by atoms with van der Waals surface area (Å²) in [5.74, 6) is 0.0569. The van der Waals surface area contributed by atoms with Gasteiger partial charge in [-0.1, -0.05) is 18.2 Å². The number of hydrogen-bond acceptors (Lipinski definition) is 2. The van der Waals surface area contributed by atoms with Crippen LogP contribution in [-0.4, -0.2) is 19.2 Å². The van der Waals surface area contributed by atoms with Crippen LogP contribution in [0.5, 0.6) is 0 Å². The Morgan fingerprint density at radius 3 is 2.77 bits per heavy atom. The lowest BCUT2D eigenvalue weighted by molar-refractivity contribution is -0.119. The molecule has 0 heterocycles. The molecule has 0 spiro atoms. The molecule has 1 aromatic carbocycles. The van der Waals surface area contributed by atoms with Crippen LogP contribution < -0.4 is 5.32 Å². The van der Waals surface area contributed by atoms with Crippen LogP contribution in [-0.2, 0) is 11.2 Å². The molecule has 1 rings (SSSR count). The molecule has 0 aliphatic rings. The highest BCUT2D eigenvalue weighted by Gasteiger charge is 2.04. The van der Waals surface area contributed by atoms with Gasteiger partial charge < -0.3 is 5.32 Å². The fourth-order valence-electron chi connectivity index (χ4n) is 1.11. The number of likely N-dealkylation sites (N-methyl/N-ethyl adjacent to an activating group) is 1. The highest BCUT2D eigenvalue weighted by molar-refractivity contribution is 7.98. The zero-order valence-corrected chi connectivity index (χ0v) is 8.65. The number of nitrogens with one attached hydrogen (secondary N) is 1. The summed E-state index contributed by atoms with van der Waals surface area (Å²) in [5, 5.41) is 2.62. The van der Waals surface area contributed by atoms with Gasteiger partial charge >= 0.3 is 0 Å². The van der Waals surface area contributed by atoms with E-state index in [4.69, 9.17) is 0 Å². The van der Waals surface area contributed by atoms with Crippen LogP contribution in [0.2, 0.25) is 0 Å². The summed E-state index contributed by atoms with van der Waals surface area (Å²) >= 11 is 1.67. The molecule has 1 N–H and O–H groups in total. The van der Waals surface area contributed by atoms with Gasteiger partial charge in [0.15, 0.2) is 0 Å². The Labute approximate surface area is 82.7 Å². The molecule has 0 aliphatic heterocycles. The monoisotopic (exact) mass is 195 g/mol. The van der Waals surface area contributed by atoms with E-state index in [1.54, 1.807) is 18.8 Å². The second kappa shape index (κ2) is 4.92. The molecule has 0 atom stereocenters. The molecule has 3 heteroatoms. The lowest BCUT2D eigenvalue weighted by Gasteiger charge is -2.05. The average Bonchev–Trinajstić information content (AvgIpc) is 2.18. The van der Waals surface area contributed by atoms with Gasteiger partial charge in [0.1, 0.15) is 0 Å². The average molecular weight is 195 g/mol. The molecule has 0 bridgehead atoms. The first-order valence-electron chi connectivity index (χ1n) is 4.10. The van der Waals surface area contributed by atoms with Gasteiger partial charge in [0.2, 0.25) is 5.91 Å². The number of amides is 1. The van der Waals surface area contributed by atoms with Crippen molar-refractivity contribution in [1.29, 1.82) is 0 Å². The number of benzene rings is 1. The van der Waals surface area contributed by atoms with E-state index in [1.165, 1.54) is 4.90 Å². The summed E-state index contributed by atoms with van der Waals surface area (Å²) in [5.41, 5.74) is 1.09. The predicted octanol–water partition coefficient (Wildman–Crippen LogP) is 1.70. The Morgan fingerprint density at radius 1 is 1.46 bits per heavy atom. The van der Waals surface area contributed by atoms with Crippen LogP contribution in [0.4, 0.5) is 0 Å². The van der Waals surface area contributed by atoms with Crippen LogP contribution in [0, 0.1) is 0 Å². The minimum atomic E-state index is 0.0569. The van der Waals surface area contributed by atoms with Gasteiger partial charge in [0.05, 0.1) is 6.42 Å². The van der Waals surface area contributed by atoms with Gasteiger partial charge in [-0.15, -0.1) is 11.8 Å². The molecule has 0 fully saturated rings. The minimum absolute atomic E-state index is 0.0569. The summed E-state index contributed by atoms with van der Waals surface area (Å²) in [4.78, 5) is 12.3. The molecule has 0 aromatic heterocycles. The Balaban J connectivity index is 2.81. The van der Waals surface area contributed by atoms with Crippen LogP contribution in [0.15, 0.2) is 29.2 Å². The number of rotatable bonds is 3. The maximum absolute atomic E-state index is 11.1. The maximum atomic E-state index is 11.1. The van der Waals surface area contributed by atoms with Crippen molar-refractivity contribution in [2.24, 2.45) is 0 Å². The number of carbonyl (C=O) groups excluding carboxylic acids is 1. The molecule has 70 valence electrons. The third-order valence-electron chi connectivity index (χ3n) is 1.82. The van der Waals surface area contributed by atoms with Crippen molar-refractivity contribution in [2.45, 2.75) is 11.3 Å². The summed E-state index contributed by atoms with van der Waals surface area (Å²) in [7, 11) is 1.66. The molecule has 0 aliphatic carbocycles. The summed E-state index contributed by atoms with van der Waals surface area (Å²) < 4.78 is 0. The largest absolute Gasteiger partial charge is 0.359 e. The van der Waals surface area contributed by atoms with E-state index in [9.17, 15) is 4.79 Å². The van der Waals surface area contributed by atoms with Crippen molar-refractivity contribution in [3.8, 4) is 0 Å². The molecular formula is C10H13NOS. The highest BCUT2D eigenvalue weighted by Crippen LogP contribution is 2.19. The Morgan fingerprint density at radius 2 is 2.15 bits per heavy atom. The standard InChI is InChI=1S/C10H13NOS/c1-11-10(12)7-8-5-3-4-6-9(8)13-2/h3-6H,7H2,1-2H3,(H,11,12). The van der Waals surface area contributed by atoms with Gasteiger partial charge in [-0.25, -0.2) is 0 Å². The number of thioether (sulfide) groups is 1. The highest BCUT2D eigenvalue weighted by atomic mass is 32.2. The molecule has 1 aromatic rings. The summed E-state index contributed by atoms with van der Waals surface area (Å²) in [6, 6.07) is 7.96. The Hall–Kier alpha value is -0.960. The van der Waals surface area contributed by atoms with E-state index in [2.05, 4.69) is 5.32 Å². The molecule has 0 unspecified atom stereocenters. The van der Waals surface area contributed by atoms with Crippen molar-refractivity contribution in [3.63, 3.8) is 0 Å². The van der Waals surface area contributed by atoms with Gasteiger partial charge in [-0.3, -0.25) is 4.79 Å². The maximum Gasteiger partial charge on any atom is 0.224 e. The van der Waals surface area contributed by atoms with Crippen molar-refractivity contribution in [1.82, 2.24) is 5.32 Å². The third kappa shape index (κ3) is 2.77. The van der Waals surface area contributed by atoms with E-state index in [0.717, 1.165) is 5.56 Å². The molecule has 2 nitrogen and oxygen atoms in total. The fourth-order valence-corrected chi connectivity index (χ4v) is 1.73. The molecular weight excluding hydrogens is 182 g/mol. The molecule has 0 radical (unpaired) electrons. The SMILES string of the molecule is CNC(=O)Cc1ccccc1SC. The Kier molecular flexibility index (Phi) is 3.83. The van der Waals surface area contributed by atoms with E-state index in [-0.39, 0.29) is 5.91 Å². The van der Waals surface area contributed by atoms with Gasteiger partial charge in [0.25, 0.3) is 0 Å². The van der Waals surface area contributed by atoms with Gasteiger partial charge in [0, 0.05) is 11.9 Å². The lowest BCUT2D eigenvalue weighted by Crippen LogP contribution is -2.20. The second-order valence-electron chi connectivity index (χ2n) is 2.66. The van der Waals surface area contributed by atoms with Crippen molar-refractivity contribution in [2.75, 3.05) is 13.3 Å². The fraction of sp³-hybridized carbons (Fsp3) is 0.300. The smallest absolute Gasteiger partial charge is 0.224 e. The van der Waals surface area contributed by atoms with Crippen molar-refractivity contribution >= 4 is 17.7 Å². The number of hydrogen-bond donors (Lipinski definition) is 1. The van der Waals surface area contributed by atoms with Crippen LogP contribution >= 0.6 is 11.8 Å². The van der Waals surface area contributed by atoms with Crippen LogP contribution in [0.25, 0.3) is 0 Å². The van der Waals surface area contributed by atoms with E-state index in [0.29, 0.717) is 6.42 Å². The zero-order chi connectivity index (χ0) is 9.68. The van der Waals surface area contributed by atoms with E-state index >= 15 is 0 Å². The predicted molar refractivity (Wildman–Crippen MR) is 56.0 cm³/mol. The molecule has 1 amide bonds. The normalized spacial score (nSPS) is 9.69. The topological polar surface area (TPSA) is 29.1 Å². The molecule has 13 heavy (non-hydrogen) atoms. The Bertz CT molecular complexity index is 299.